The van der Waals surface area contributed by atoms with Crippen LogP contribution in [0.15, 0.2) is 42.6 Å². The first-order valence-electron chi connectivity index (χ1n) is 6.45. The number of halogens is 4. The van der Waals surface area contributed by atoms with Gasteiger partial charge in [-0.2, -0.15) is 0 Å². The standard InChI is InChI=1S/C16H10Cl4N2/c17-11-1-9(2-12(18)6-11)3-16-21-8-15(22-16)10-4-13(19)7-14(20)5-10/h1-2,4-8H,3H2,(H,21,22). The summed E-state index contributed by atoms with van der Waals surface area (Å²) in [7, 11) is 0. The molecule has 0 saturated heterocycles. The molecule has 0 aliphatic carbocycles. The maximum absolute atomic E-state index is 6.02. The number of rotatable bonds is 3. The highest BCUT2D eigenvalue weighted by molar-refractivity contribution is 6.35. The summed E-state index contributed by atoms with van der Waals surface area (Å²) in [5, 5.41) is 2.38. The van der Waals surface area contributed by atoms with E-state index in [9.17, 15) is 0 Å². The summed E-state index contributed by atoms with van der Waals surface area (Å²) >= 11 is 24.1. The quantitative estimate of drug-likeness (QED) is 0.576. The Morgan fingerprint density at radius 1 is 0.773 bits per heavy atom. The van der Waals surface area contributed by atoms with Crippen LogP contribution in [0.25, 0.3) is 11.3 Å². The number of aromatic nitrogens is 2. The molecule has 3 rings (SSSR count). The molecule has 1 heterocycles. The number of hydrogen-bond donors (Lipinski definition) is 1. The van der Waals surface area contributed by atoms with Crippen molar-refractivity contribution in [1.82, 2.24) is 9.97 Å². The van der Waals surface area contributed by atoms with Gasteiger partial charge in [-0.25, -0.2) is 4.98 Å². The molecule has 0 aliphatic heterocycles. The van der Waals surface area contributed by atoms with Gasteiger partial charge in [-0.1, -0.05) is 46.4 Å². The van der Waals surface area contributed by atoms with Crippen molar-refractivity contribution in [2.45, 2.75) is 6.42 Å². The van der Waals surface area contributed by atoms with E-state index in [0.29, 0.717) is 26.5 Å². The zero-order valence-corrected chi connectivity index (χ0v) is 14.2. The molecule has 0 amide bonds. The largest absolute Gasteiger partial charge is 0.342 e. The molecule has 1 aromatic heterocycles. The van der Waals surface area contributed by atoms with E-state index in [1.54, 1.807) is 18.3 Å². The predicted octanol–water partition coefficient (Wildman–Crippen LogP) is 6.28. The highest BCUT2D eigenvalue weighted by Crippen LogP contribution is 2.27. The summed E-state index contributed by atoms with van der Waals surface area (Å²) in [5.74, 6) is 0.810. The fourth-order valence-electron chi connectivity index (χ4n) is 2.21. The fourth-order valence-corrected chi connectivity index (χ4v) is 3.31. The van der Waals surface area contributed by atoms with E-state index >= 15 is 0 Å². The number of aromatic amines is 1. The first-order valence-corrected chi connectivity index (χ1v) is 7.96. The Morgan fingerprint density at radius 3 is 1.91 bits per heavy atom. The van der Waals surface area contributed by atoms with E-state index in [1.807, 2.05) is 24.3 Å². The van der Waals surface area contributed by atoms with Gasteiger partial charge in [-0.05, 0) is 42.0 Å². The Balaban J connectivity index is 1.87. The Kier molecular flexibility index (Phi) is 4.65. The second-order valence-corrected chi connectivity index (χ2v) is 6.60. The zero-order chi connectivity index (χ0) is 15.7. The summed E-state index contributed by atoms with van der Waals surface area (Å²) in [6, 6.07) is 10.8. The lowest BCUT2D eigenvalue weighted by molar-refractivity contribution is 1.03. The molecular formula is C16H10Cl4N2. The van der Waals surface area contributed by atoms with E-state index in [0.717, 1.165) is 22.6 Å². The fraction of sp³-hybridized carbons (Fsp3) is 0.0625. The van der Waals surface area contributed by atoms with E-state index < -0.39 is 0 Å². The van der Waals surface area contributed by atoms with Crippen molar-refractivity contribution in [3.05, 3.63) is 74.1 Å². The maximum atomic E-state index is 6.02. The summed E-state index contributed by atoms with van der Waals surface area (Å²) in [6.07, 6.45) is 2.36. The maximum Gasteiger partial charge on any atom is 0.110 e. The summed E-state index contributed by atoms with van der Waals surface area (Å²) in [5.41, 5.74) is 2.73. The van der Waals surface area contributed by atoms with Gasteiger partial charge in [0, 0.05) is 32.1 Å². The second-order valence-electron chi connectivity index (χ2n) is 4.86. The summed E-state index contributed by atoms with van der Waals surface area (Å²) in [4.78, 5) is 7.64. The van der Waals surface area contributed by atoms with Crippen LogP contribution >= 0.6 is 46.4 Å². The Hall–Kier alpha value is -1.19. The molecule has 0 fully saturated rings. The molecule has 6 heteroatoms. The van der Waals surface area contributed by atoms with Crippen LogP contribution in [-0.4, -0.2) is 9.97 Å². The minimum Gasteiger partial charge on any atom is -0.342 e. The Labute approximate surface area is 148 Å². The minimum absolute atomic E-state index is 0.584. The molecule has 3 aromatic rings. The van der Waals surface area contributed by atoms with Gasteiger partial charge in [0.05, 0.1) is 11.9 Å². The third kappa shape index (κ3) is 3.76. The van der Waals surface area contributed by atoms with Crippen LogP contribution < -0.4 is 0 Å². The van der Waals surface area contributed by atoms with Gasteiger partial charge < -0.3 is 4.98 Å². The molecule has 0 radical (unpaired) electrons. The molecule has 0 bridgehead atoms. The lowest BCUT2D eigenvalue weighted by Crippen LogP contribution is -1.91. The van der Waals surface area contributed by atoms with Crippen molar-refractivity contribution < 1.29 is 0 Å². The van der Waals surface area contributed by atoms with Crippen LogP contribution in [0.5, 0.6) is 0 Å². The molecular weight excluding hydrogens is 362 g/mol. The van der Waals surface area contributed by atoms with Gasteiger partial charge in [-0.15, -0.1) is 0 Å². The van der Waals surface area contributed by atoms with Gasteiger partial charge in [0.15, 0.2) is 0 Å². The predicted molar refractivity (Wildman–Crippen MR) is 93.3 cm³/mol. The first kappa shape index (κ1) is 15.7. The average molecular weight is 372 g/mol. The van der Waals surface area contributed by atoms with Crippen molar-refractivity contribution in [2.75, 3.05) is 0 Å². The molecule has 2 aromatic carbocycles. The number of H-pyrrole nitrogens is 1. The highest BCUT2D eigenvalue weighted by Gasteiger charge is 2.07. The van der Waals surface area contributed by atoms with Gasteiger partial charge in [0.1, 0.15) is 5.82 Å². The summed E-state index contributed by atoms with van der Waals surface area (Å²) < 4.78 is 0. The van der Waals surface area contributed by atoms with Crippen molar-refractivity contribution in [3.8, 4) is 11.3 Å². The number of nitrogens with zero attached hydrogens (tertiary/aromatic N) is 1. The molecule has 0 spiro atoms. The third-order valence-electron chi connectivity index (χ3n) is 3.10. The van der Waals surface area contributed by atoms with Crippen molar-refractivity contribution in [1.29, 1.82) is 0 Å². The van der Waals surface area contributed by atoms with Crippen LogP contribution in [0.1, 0.15) is 11.4 Å². The second kappa shape index (κ2) is 6.51. The van der Waals surface area contributed by atoms with Crippen LogP contribution in [0.4, 0.5) is 0 Å². The number of benzene rings is 2. The third-order valence-corrected chi connectivity index (χ3v) is 3.97. The topological polar surface area (TPSA) is 28.7 Å². The molecule has 112 valence electrons. The number of nitrogens with one attached hydrogen (secondary N) is 1. The summed E-state index contributed by atoms with van der Waals surface area (Å²) in [6.45, 7) is 0. The molecule has 0 unspecified atom stereocenters. The number of imidazole rings is 1. The van der Waals surface area contributed by atoms with Crippen molar-refractivity contribution in [3.63, 3.8) is 0 Å². The molecule has 1 N–H and O–H groups in total. The van der Waals surface area contributed by atoms with Crippen LogP contribution in [0.2, 0.25) is 20.1 Å². The Morgan fingerprint density at radius 2 is 1.32 bits per heavy atom. The SMILES string of the molecule is Clc1cc(Cl)cc(Cc2ncc(-c3cc(Cl)cc(Cl)c3)[nH]2)c1. The highest BCUT2D eigenvalue weighted by atomic mass is 35.5. The zero-order valence-electron chi connectivity index (χ0n) is 11.2. The van der Waals surface area contributed by atoms with Gasteiger partial charge >= 0.3 is 0 Å². The lowest BCUT2D eigenvalue weighted by atomic mass is 10.1. The normalized spacial score (nSPS) is 10.9. The smallest absolute Gasteiger partial charge is 0.110 e. The minimum atomic E-state index is 0.584. The van der Waals surface area contributed by atoms with Crippen LogP contribution in [0.3, 0.4) is 0 Å². The molecule has 0 saturated carbocycles. The van der Waals surface area contributed by atoms with Crippen LogP contribution in [-0.2, 0) is 6.42 Å². The van der Waals surface area contributed by atoms with Gasteiger partial charge in [0.2, 0.25) is 0 Å². The van der Waals surface area contributed by atoms with E-state index in [2.05, 4.69) is 9.97 Å². The first-order chi connectivity index (χ1) is 10.5. The average Bonchev–Trinajstić information content (AvgIpc) is 2.84. The Bertz CT molecular complexity index is 786. The van der Waals surface area contributed by atoms with E-state index in [4.69, 9.17) is 46.4 Å². The molecule has 0 aliphatic rings. The number of hydrogen-bond acceptors (Lipinski definition) is 1. The van der Waals surface area contributed by atoms with Crippen molar-refractivity contribution in [2.24, 2.45) is 0 Å². The van der Waals surface area contributed by atoms with E-state index in [-0.39, 0.29) is 0 Å². The van der Waals surface area contributed by atoms with Gasteiger partial charge in [-0.3, -0.25) is 0 Å². The van der Waals surface area contributed by atoms with Gasteiger partial charge in [0.25, 0.3) is 0 Å². The monoisotopic (exact) mass is 370 g/mol. The van der Waals surface area contributed by atoms with E-state index in [1.165, 1.54) is 0 Å². The molecule has 0 atom stereocenters. The van der Waals surface area contributed by atoms with Crippen molar-refractivity contribution >= 4 is 46.4 Å². The molecule has 2 nitrogen and oxygen atoms in total. The molecule has 22 heavy (non-hydrogen) atoms. The van der Waals surface area contributed by atoms with Crippen LogP contribution in [0, 0.1) is 0 Å². The lowest BCUT2D eigenvalue weighted by Gasteiger charge is -2.02.